The lowest BCUT2D eigenvalue weighted by Gasteiger charge is -2.32. The number of piperidine rings is 1. The minimum absolute atomic E-state index is 0.253. The fraction of sp³-hybridized carbons (Fsp3) is 0.933. The standard InChI is InChI=1S/C15H27NO4S/c1-2-20-15(17)14-9-6-10-16(11-14)21(18,19)12-13-7-4-3-5-8-13/h13-14H,2-12H2,1H3/t14-/m1/s1. The molecule has 1 aliphatic heterocycles. The zero-order valence-electron chi connectivity index (χ0n) is 12.9. The first-order valence-corrected chi connectivity index (χ1v) is 9.78. The average Bonchev–Trinajstić information content (AvgIpc) is 2.48. The molecule has 6 heteroatoms. The lowest BCUT2D eigenvalue weighted by Crippen LogP contribution is -2.44. The fourth-order valence-corrected chi connectivity index (χ4v) is 5.36. The molecular formula is C15H27NO4S. The van der Waals surface area contributed by atoms with Gasteiger partial charge >= 0.3 is 5.97 Å². The van der Waals surface area contributed by atoms with Gasteiger partial charge in [-0.1, -0.05) is 19.3 Å². The SMILES string of the molecule is CCOC(=O)[C@@H]1CCCN(S(=O)(=O)CC2CCCCC2)C1. The topological polar surface area (TPSA) is 63.7 Å². The molecule has 0 aromatic carbocycles. The Kier molecular flexibility index (Phi) is 6.05. The highest BCUT2D eigenvalue weighted by atomic mass is 32.2. The fourth-order valence-electron chi connectivity index (χ4n) is 3.40. The van der Waals surface area contributed by atoms with Crippen molar-refractivity contribution in [2.24, 2.45) is 11.8 Å². The number of rotatable bonds is 5. The van der Waals surface area contributed by atoms with Crippen LogP contribution in [0.2, 0.25) is 0 Å². The average molecular weight is 317 g/mol. The Labute approximate surface area is 128 Å². The van der Waals surface area contributed by atoms with Crippen molar-refractivity contribution in [2.75, 3.05) is 25.4 Å². The monoisotopic (exact) mass is 317 g/mol. The first-order valence-electron chi connectivity index (χ1n) is 8.17. The van der Waals surface area contributed by atoms with E-state index in [4.69, 9.17) is 4.74 Å². The number of nitrogens with zero attached hydrogens (tertiary/aromatic N) is 1. The first-order chi connectivity index (χ1) is 10.0. The van der Waals surface area contributed by atoms with Gasteiger partial charge in [0.2, 0.25) is 10.0 Å². The second kappa shape index (κ2) is 7.58. The maximum atomic E-state index is 12.6. The molecule has 0 radical (unpaired) electrons. The van der Waals surface area contributed by atoms with Crippen molar-refractivity contribution in [2.45, 2.75) is 51.9 Å². The van der Waals surface area contributed by atoms with Crippen LogP contribution >= 0.6 is 0 Å². The molecule has 2 fully saturated rings. The third kappa shape index (κ3) is 4.68. The molecule has 122 valence electrons. The van der Waals surface area contributed by atoms with Crippen molar-refractivity contribution in [1.29, 1.82) is 0 Å². The summed E-state index contributed by atoms with van der Waals surface area (Å²) in [5.41, 5.74) is 0. The van der Waals surface area contributed by atoms with E-state index in [2.05, 4.69) is 0 Å². The van der Waals surface area contributed by atoms with Crippen molar-refractivity contribution >= 4 is 16.0 Å². The van der Waals surface area contributed by atoms with Gasteiger partial charge < -0.3 is 4.74 Å². The van der Waals surface area contributed by atoms with E-state index in [9.17, 15) is 13.2 Å². The van der Waals surface area contributed by atoms with Crippen molar-refractivity contribution in [3.63, 3.8) is 0 Å². The summed E-state index contributed by atoms with van der Waals surface area (Å²) in [7, 11) is -3.24. The Morgan fingerprint density at radius 1 is 1.14 bits per heavy atom. The third-order valence-corrected chi connectivity index (χ3v) is 6.58. The Morgan fingerprint density at radius 3 is 2.52 bits per heavy atom. The molecule has 0 aromatic heterocycles. The highest BCUT2D eigenvalue weighted by Crippen LogP contribution is 2.27. The molecule has 0 spiro atoms. The molecule has 2 aliphatic rings. The highest BCUT2D eigenvalue weighted by molar-refractivity contribution is 7.89. The quantitative estimate of drug-likeness (QED) is 0.729. The maximum absolute atomic E-state index is 12.6. The maximum Gasteiger partial charge on any atom is 0.310 e. The van der Waals surface area contributed by atoms with Crippen molar-refractivity contribution in [3.8, 4) is 0 Å². The number of carbonyl (C=O) groups excluding carboxylic acids is 1. The van der Waals surface area contributed by atoms with Crippen LogP contribution in [0.1, 0.15) is 51.9 Å². The van der Waals surface area contributed by atoms with Gasteiger partial charge in [-0.15, -0.1) is 0 Å². The summed E-state index contributed by atoms with van der Waals surface area (Å²) in [5, 5.41) is 0. The van der Waals surface area contributed by atoms with Gasteiger partial charge in [-0.3, -0.25) is 4.79 Å². The molecular weight excluding hydrogens is 290 g/mol. The van der Waals surface area contributed by atoms with Gasteiger partial charge in [0.05, 0.1) is 18.3 Å². The minimum Gasteiger partial charge on any atom is -0.466 e. The summed E-state index contributed by atoms with van der Waals surface area (Å²) in [6.45, 7) is 2.97. The molecule has 0 amide bonds. The van der Waals surface area contributed by atoms with Crippen LogP contribution in [0.5, 0.6) is 0 Å². The molecule has 1 saturated heterocycles. The van der Waals surface area contributed by atoms with Gasteiger partial charge in [0, 0.05) is 13.1 Å². The second-order valence-corrected chi connectivity index (χ2v) is 8.25. The zero-order valence-corrected chi connectivity index (χ0v) is 13.7. The molecule has 2 rings (SSSR count). The lowest BCUT2D eigenvalue weighted by atomic mass is 9.91. The first kappa shape index (κ1) is 16.7. The summed E-state index contributed by atoms with van der Waals surface area (Å²) >= 11 is 0. The number of ether oxygens (including phenoxy) is 1. The number of hydrogen-bond donors (Lipinski definition) is 0. The van der Waals surface area contributed by atoms with Crippen LogP contribution in [0.25, 0.3) is 0 Å². The third-order valence-electron chi connectivity index (χ3n) is 4.57. The molecule has 1 aliphatic carbocycles. The van der Waals surface area contributed by atoms with Crippen molar-refractivity contribution in [3.05, 3.63) is 0 Å². The predicted octanol–water partition coefficient (Wildman–Crippen LogP) is 2.17. The lowest BCUT2D eigenvalue weighted by molar-refractivity contribution is -0.149. The van der Waals surface area contributed by atoms with E-state index < -0.39 is 10.0 Å². The van der Waals surface area contributed by atoms with Gasteiger partial charge in [0.25, 0.3) is 0 Å². The van der Waals surface area contributed by atoms with Crippen molar-refractivity contribution in [1.82, 2.24) is 4.31 Å². The van der Waals surface area contributed by atoms with Gasteiger partial charge in [0.15, 0.2) is 0 Å². The number of hydrogen-bond acceptors (Lipinski definition) is 4. The van der Waals surface area contributed by atoms with E-state index >= 15 is 0 Å². The molecule has 1 atom stereocenters. The molecule has 5 nitrogen and oxygen atoms in total. The van der Waals surface area contributed by atoms with Gasteiger partial charge in [-0.25, -0.2) is 12.7 Å². The van der Waals surface area contributed by atoms with E-state index in [1.165, 1.54) is 10.7 Å². The van der Waals surface area contributed by atoms with E-state index in [0.29, 0.717) is 25.6 Å². The summed E-state index contributed by atoms with van der Waals surface area (Å²) in [6.07, 6.45) is 7.03. The van der Waals surface area contributed by atoms with E-state index in [1.54, 1.807) is 6.92 Å². The van der Waals surface area contributed by atoms with Gasteiger partial charge in [0.1, 0.15) is 0 Å². The van der Waals surface area contributed by atoms with Crippen LogP contribution in [0, 0.1) is 11.8 Å². The molecule has 0 bridgehead atoms. The second-order valence-electron chi connectivity index (χ2n) is 6.23. The minimum atomic E-state index is -3.24. The Morgan fingerprint density at radius 2 is 1.86 bits per heavy atom. The number of sulfonamides is 1. The normalized spacial score (nSPS) is 25.7. The van der Waals surface area contributed by atoms with Crippen LogP contribution in [0.3, 0.4) is 0 Å². The highest BCUT2D eigenvalue weighted by Gasteiger charge is 2.34. The van der Waals surface area contributed by atoms with Crippen LogP contribution in [0.15, 0.2) is 0 Å². The molecule has 0 N–H and O–H groups in total. The zero-order chi connectivity index (χ0) is 15.3. The number of carbonyl (C=O) groups is 1. The van der Waals surface area contributed by atoms with E-state index in [-0.39, 0.29) is 17.6 Å². The summed E-state index contributed by atoms with van der Waals surface area (Å²) < 4.78 is 31.7. The predicted molar refractivity (Wildman–Crippen MR) is 81.3 cm³/mol. The largest absolute Gasteiger partial charge is 0.466 e. The smallest absolute Gasteiger partial charge is 0.310 e. The summed E-state index contributed by atoms with van der Waals surface area (Å²) in [5.74, 6) is 0.00402. The molecule has 21 heavy (non-hydrogen) atoms. The van der Waals surface area contributed by atoms with E-state index in [0.717, 1.165) is 38.5 Å². The number of esters is 1. The summed E-state index contributed by atoms with van der Waals surface area (Å²) in [4.78, 5) is 11.8. The van der Waals surface area contributed by atoms with Gasteiger partial charge in [-0.2, -0.15) is 0 Å². The molecule has 1 saturated carbocycles. The van der Waals surface area contributed by atoms with Crippen molar-refractivity contribution < 1.29 is 17.9 Å². The Hall–Kier alpha value is -0.620. The van der Waals surface area contributed by atoms with Crippen LogP contribution < -0.4 is 0 Å². The Balaban J connectivity index is 1.93. The molecule has 1 heterocycles. The van der Waals surface area contributed by atoms with Gasteiger partial charge in [-0.05, 0) is 38.5 Å². The Bertz CT molecular complexity index is 443. The van der Waals surface area contributed by atoms with Crippen LogP contribution in [-0.2, 0) is 19.6 Å². The van der Waals surface area contributed by atoms with E-state index in [1.807, 2.05) is 0 Å². The molecule has 0 unspecified atom stereocenters. The van der Waals surface area contributed by atoms with Crippen LogP contribution in [-0.4, -0.2) is 44.1 Å². The van der Waals surface area contributed by atoms with Crippen LogP contribution in [0.4, 0.5) is 0 Å². The molecule has 0 aromatic rings. The summed E-state index contributed by atoms with van der Waals surface area (Å²) in [6, 6.07) is 0.